The van der Waals surface area contributed by atoms with Crippen molar-refractivity contribution < 1.29 is 30.7 Å². The minimum Gasteiger partial charge on any atom is -0.467 e. The molecular formula is C18H14F4N2O3S2. The molecule has 3 aromatic rings. The minimum atomic E-state index is -4.04. The van der Waals surface area contributed by atoms with Gasteiger partial charge in [0.25, 0.3) is 5.19 Å². The maximum absolute atomic E-state index is 13.8. The Bertz CT molecular complexity index is 1160. The Kier molecular flexibility index (Phi) is 5.21. The second-order valence-corrected chi connectivity index (χ2v) is 9.47. The van der Waals surface area contributed by atoms with Crippen molar-refractivity contribution in [1.29, 1.82) is 0 Å². The van der Waals surface area contributed by atoms with E-state index >= 15 is 0 Å². The molecule has 0 bridgehead atoms. The number of benzene rings is 2. The van der Waals surface area contributed by atoms with Gasteiger partial charge in [-0.15, -0.1) is 0 Å². The summed E-state index contributed by atoms with van der Waals surface area (Å²) in [7, 11) is -4.04. The summed E-state index contributed by atoms with van der Waals surface area (Å²) in [6.45, 7) is 0.165. The Morgan fingerprint density at radius 1 is 0.966 bits per heavy atom. The average molecular weight is 446 g/mol. The van der Waals surface area contributed by atoms with Gasteiger partial charge in [-0.3, -0.25) is 0 Å². The zero-order chi connectivity index (χ0) is 20.8. The van der Waals surface area contributed by atoms with E-state index in [0.717, 1.165) is 39.9 Å². The van der Waals surface area contributed by atoms with Crippen LogP contribution in [0.25, 0.3) is 10.2 Å². The number of halogens is 4. The molecule has 1 saturated heterocycles. The quantitative estimate of drug-likeness (QED) is 0.567. The molecule has 0 aliphatic carbocycles. The molecule has 0 N–H and O–H groups in total. The van der Waals surface area contributed by atoms with Crippen LogP contribution < -0.4 is 4.74 Å². The Labute approximate surface area is 167 Å². The first-order valence-electron chi connectivity index (χ1n) is 8.61. The van der Waals surface area contributed by atoms with Crippen molar-refractivity contribution >= 4 is 31.6 Å². The Morgan fingerprint density at radius 2 is 1.59 bits per heavy atom. The van der Waals surface area contributed by atoms with Gasteiger partial charge in [-0.2, -0.15) is 9.29 Å². The largest absolute Gasteiger partial charge is 0.467 e. The van der Waals surface area contributed by atoms with Crippen LogP contribution in [0.3, 0.4) is 0 Å². The average Bonchev–Trinajstić information content (AvgIpc) is 3.04. The van der Waals surface area contributed by atoms with Gasteiger partial charge < -0.3 is 4.74 Å². The van der Waals surface area contributed by atoms with E-state index in [0.29, 0.717) is 23.6 Å². The van der Waals surface area contributed by atoms with Gasteiger partial charge in [0.2, 0.25) is 10.0 Å². The third kappa shape index (κ3) is 4.07. The Hall–Kier alpha value is -2.24. The summed E-state index contributed by atoms with van der Waals surface area (Å²) in [6.07, 6.45) is 0.243. The van der Waals surface area contributed by atoms with Gasteiger partial charge in [-0.1, -0.05) is 11.3 Å². The maximum atomic E-state index is 13.8. The molecule has 11 heteroatoms. The Balaban J connectivity index is 1.45. The van der Waals surface area contributed by atoms with Crippen LogP contribution in [0, 0.1) is 23.3 Å². The lowest BCUT2D eigenvalue weighted by molar-refractivity contribution is 0.135. The number of sulfonamides is 1. The second-order valence-electron chi connectivity index (χ2n) is 6.54. The standard InChI is InChI=1S/C18H14F4N2O3S2/c19-10-5-11(20)7-14(6-10)29(25,26)24-3-1-13(2-4-24)27-18-23-17-15(22)8-12(21)9-16(17)28-18/h5-9,13H,1-4H2. The first-order chi connectivity index (χ1) is 13.7. The monoisotopic (exact) mass is 446 g/mol. The van der Waals surface area contributed by atoms with E-state index in [-0.39, 0.29) is 29.9 Å². The normalized spacial score (nSPS) is 16.4. The summed E-state index contributed by atoms with van der Waals surface area (Å²) in [5.41, 5.74) is 0.0135. The fraction of sp³-hybridized carbons (Fsp3) is 0.278. The Morgan fingerprint density at radius 3 is 2.24 bits per heavy atom. The van der Waals surface area contributed by atoms with Gasteiger partial charge in [0.05, 0.1) is 9.60 Å². The van der Waals surface area contributed by atoms with Crippen LogP contribution >= 0.6 is 11.3 Å². The third-order valence-electron chi connectivity index (χ3n) is 4.54. The van der Waals surface area contributed by atoms with Crippen LogP contribution in [0.5, 0.6) is 5.19 Å². The maximum Gasteiger partial charge on any atom is 0.274 e. The topological polar surface area (TPSA) is 59.5 Å². The van der Waals surface area contributed by atoms with Crippen LogP contribution in [0.4, 0.5) is 17.6 Å². The molecule has 1 aliphatic heterocycles. The molecule has 5 nitrogen and oxygen atoms in total. The highest BCUT2D eigenvalue weighted by Crippen LogP contribution is 2.32. The van der Waals surface area contributed by atoms with Crippen LogP contribution in [0.1, 0.15) is 12.8 Å². The highest BCUT2D eigenvalue weighted by Gasteiger charge is 2.31. The molecule has 0 saturated carbocycles. The predicted molar refractivity (Wildman–Crippen MR) is 98.3 cm³/mol. The molecule has 0 atom stereocenters. The van der Waals surface area contributed by atoms with Crippen molar-refractivity contribution in [3.63, 3.8) is 0 Å². The van der Waals surface area contributed by atoms with E-state index in [1.807, 2.05) is 0 Å². The third-order valence-corrected chi connectivity index (χ3v) is 7.31. The first-order valence-corrected chi connectivity index (χ1v) is 10.9. The van der Waals surface area contributed by atoms with Gasteiger partial charge in [-0.05, 0) is 31.0 Å². The lowest BCUT2D eigenvalue weighted by Gasteiger charge is -2.30. The van der Waals surface area contributed by atoms with E-state index in [4.69, 9.17) is 4.74 Å². The number of fused-ring (bicyclic) bond motifs is 1. The number of hydrogen-bond donors (Lipinski definition) is 0. The van der Waals surface area contributed by atoms with E-state index < -0.39 is 38.2 Å². The minimum absolute atomic E-state index is 0.0135. The number of piperidine rings is 1. The van der Waals surface area contributed by atoms with E-state index in [1.165, 1.54) is 0 Å². The van der Waals surface area contributed by atoms with Crippen molar-refractivity contribution in [2.45, 2.75) is 23.8 Å². The lowest BCUT2D eigenvalue weighted by atomic mass is 10.1. The van der Waals surface area contributed by atoms with Crippen molar-refractivity contribution in [2.75, 3.05) is 13.1 Å². The first kappa shape index (κ1) is 20.0. The molecule has 0 radical (unpaired) electrons. The molecule has 0 amide bonds. The molecule has 154 valence electrons. The SMILES string of the molecule is O=S(=O)(c1cc(F)cc(F)c1)N1CCC(Oc2nc3c(F)cc(F)cc3s2)CC1. The van der Waals surface area contributed by atoms with Crippen molar-refractivity contribution in [3.05, 3.63) is 53.6 Å². The van der Waals surface area contributed by atoms with Crippen LogP contribution in [-0.2, 0) is 10.0 Å². The predicted octanol–water partition coefficient (Wildman–Crippen LogP) is 4.08. The smallest absolute Gasteiger partial charge is 0.274 e. The molecule has 29 heavy (non-hydrogen) atoms. The number of hydrogen-bond acceptors (Lipinski definition) is 5. The molecule has 0 spiro atoms. The van der Waals surface area contributed by atoms with Crippen molar-refractivity contribution in [3.8, 4) is 5.19 Å². The van der Waals surface area contributed by atoms with E-state index in [2.05, 4.69) is 4.98 Å². The summed E-state index contributed by atoms with van der Waals surface area (Å²) in [6, 6.07) is 4.05. The van der Waals surface area contributed by atoms with Gasteiger partial charge in [0.1, 0.15) is 29.1 Å². The van der Waals surface area contributed by atoms with Gasteiger partial charge >= 0.3 is 0 Å². The van der Waals surface area contributed by atoms with Gasteiger partial charge in [0, 0.05) is 25.2 Å². The van der Waals surface area contributed by atoms with E-state index in [9.17, 15) is 26.0 Å². The molecule has 0 unspecified atom stereocenters. The van der Waals surface area contributed by atoms with E-state index in [1.54, 1.807) is 0 Å². The molecule has 4 rings (SSSR count). The summed E-state index contributed by atoms with van der Waals surface area (Å²) in [4.78, 5) is 3.58. The fourth-order valence-corrected chi connectivity index (χ4v) is 5.58. The number of rotatable bonds is 4. The second kappa shape index (κ2) is 7.54. The zero-order valence-corrected chi connectivity index (χ0v) is 16.4. The molecule has 2 heterocycles. The fourth-order valence-electron chi connectivity index (χ4n) is 3.15. The van der Waals surface area contributed by atoms with Crippen LogP contribution in [0.2, 0.25) is 0 Å². The highest BCUT2D eigenvalue weighted by molar-refractivity contribution is 7.89. The lowest BCUT2D eigenvalue weighted by Crippen LogP contribution is -2.41. The molecule has 1 fully saturated rings. The van der Waals surface area contributed by atoms with Crippen LogP contribution in [0.15, 0.2) is 35.2 Å². The molecular weight excluding hydrogens is 432 g/mol. The molecule has 2 aromatic carbocycles. The molecule has 1 aromatic heterocycles. The zero-order valence-electron chi connectivity index (χ0n) is 14.7. The van der Waals surface area contributed by atoms with Crippen LogP contribution in [-0.4, -0.2) is 36.9 Å². The summed E-state index contributed by atoms with van der Waals surface area (Å²) in [5.74, 6) is -3.44. The number of ether oxygens (including phenoxy) is 1. The van der Waals surface area contributed by atoms with Gasteiger partial charge in [-0.25, -0.2) is 26.0 Å². The summed E-state index contributed by atoms with van der Waals surface area (Å²) >= 11 is 0.997. The molecule has 1 aliphatic rings. The van der Waals surface area contributed by atoms with Crippen molar-refractivity contribution in [1.82, 2.24) is 9.29 Å². The highest BCUT2D eigenvalue weighted by atomic mass is 32.2. The number of thiazole rings is 1. The van der Waals surface area contributed by atoms with Crippen molar-refractivity contribution in [2.24, 2.45) is 0 Å². The number of nitrogens with zero attached hydrogens (tertiary/aromatic N) is 2. The summed E-state index contributed by atoms with van der Waals surface area (Å²) in [5, 5.41) is 0.165. The number of aromatic nitrogens is 1. The summed E-state index contributed by atoms with van der Waals surface area (Å²) < 4.78 is 86.2. The van der Waals surface area contributed by atoms with Gasteiger partial charge in [0.15, 0.2) is 5.82 Å².